The number of nitrogens with two attached hydrogens (primary N) is 1. The van der Waals surface area contributed by atoms with Gasteiger partial charge in [-0.3, -0.25) is 0 Å². The van der Waals surface area contributed by atoms with Crippen molar-refractivity contribution in [2.45, 2.75) is 31.1 Å². The van der Waals surface area contributed by atoms with E-state index >= 15 is 0 Å². The zero-order valence-electron chi connectivity index (χ0n) is 9.06. The molecule has 1 aliphatic carbocycles. The molecule has 0 unspecified atom stereocenters. The molecule has 0 aromatic carbocycles. The van der Waals surface area contributed by atoms with Gasteiger partial charge in [0.1, 0.15) is 17.9 Å². The second-order valence-electron chi connectivity index (χ2n) is 4.29. The lowest BCUT2D eigenvalue weighted by molar-refractivity contribution is 0.0241. The Morgan fingerprint density at radius 1 is 1.24 bits per heavy atom. The van der Waals surface area contributed by atoms with Crippen molar-refractivity contribution in [1.29, 1.82) is 0 Å². The average Bonchev–Trinajstić information content (AvgIpc) is 2.86. The number of hydrogen-bond acceptors (Lipinski definition) is 6. The molecule has 0 amide bonds. The number of hydrogen-bond donors (Lipinski definition) is 3. The van der Waals surface area contributed by atoms with E-state index in [0.717, 1.165) is 0 Å². The maximum atomic E-state index is 9.88. The monoisotopic (exact) mass is 235 g/mol. The van der Waals surface area contributed by atoms with Crippen molar-refractivity contribution in [2.75, 3.05) is 5.73 Å². The first kappa shape index (κ1) is 10.4. The molecule has 0 radical (unpaired) electrons. The van der Waals surface area contributed by atoms with E-state index in [1.165, 1.54) is 6.33 Å². The Hall–Kier alpha value is -1.73. The highest BCUT2D eigenvalue weighted by Crippen LogP contribution is 2.32. The van der Waals surface area contributed by atoms with Gasteiger partial charge in [0.05, 0.1) is 18.5 Å². The smallest absolute Gasteiger partial charge is 0.165 e. The lowest BCUT2D eigenvalue weighted by Gasteiger charge is -2.17. The van der Waals surface area contributed by atoms with Crippen LogP contribution in [0, 0.1) is 0 Å². The summed E-state index contributed by atoms with van der Waals surface area (Å²) >= 11 is 0. The second kappa shape index (κ2) is 3.64. The van der Waals surface area contributed by atoms with Gasteiger partial charge in [-0.15, -0.1) is 0 Å². The largest absolute Gasteiger partial charge is 0.390 e. The number of anilines is 1. The summed E-state index contributed by atoms with van der Waals surface area (Å²) in [6.07, 6.45) is 2.75. The maximum absolute atomic E-state index is 9.88. The van der Waals surface area contributed by atoms with E-state index < -0.39 is 12.2 Å². The van der Waals surface area contributed by atoms with Gasteiger partial charge in [-0.25, -0.2) is 15.0 Å². The Bertz CT molecular complexity index is 555. The summed E-state index contributed by atoms with van der Waals surface area (Å²) in [5.41, 5.74) is 6.81. The van der Waals surface area contributed by atoms with Crippen LogP contribution in [0.15, 0.2) is 12.7 Å². The molecule has 2 aromatic heterocycles. The zero-order chi connectivity index (χ0) is 12.0. The van der Waals surface area contributed by atoms with Crippen LogP contribution in [0.3, 0.4) is 0 Å². The lowest BCUT2D eigenvalue weighted by Crippen LogP contribution is -2.26. The fourth-order valence-electron chi connectivity index (χ4n) is 2.36. The molecule has 3 rings (SSSR count). The Kier molecular flexibility index (Phi) is 2.23. The zero-order valence-corrected chi connectivity index (χ0v) is 9.06. The lowest BCUT2D eigenvalue weighted by atomic mass is 10.2. The molecule has 3 atom stereocenters. The van der Waals surface area contributed by atoms with Gasteiger partial charge in [0, 0.05) is 0 Å². The molecule has 0 aliphatic heterocycles. The van der Waals surface area contributed by atoms with Crippen molar-refractivity contribution < 1.29 is 10.2 Å². The van der Waals surface area contributed by atoms with E-state index in [4.69, 9.17) is 5.73 Å². The van der Waals surface area contributed by atoms with Crippen LogP contribution in [0.25, 0.3) is 11.2 Å². The molecule has 2 aromatic rings. The summed E-state index contributed by atoms with van der Waals surface area (Å²) in [5.74, 6) is 0.321. The predicted molar refractivity (Wildman–Crippen MR) is 60.0 cm³/mol. The summed E-state index contributed by atoms with van der Waals surface area (Å²) in [7, 11) is 0. The van der Waals surface area contributed by atoms with Crippen LogP contribution in [0.1, 0.15) is 18.9 Å². The minimum atomic E-state index is -0.788. The second-order valence-corrected chi connectivity index (χ2v) is 4.29. The van der Waals surface area contributed by atoms with Crippen LogP contribution in [-0.4, -0.2) is 41.9 Å². The minimum Gasteiger partial charge on any atom is -0.390 e. The van der Waals surface area contributed by atoms with Gasteiger partial charge in [0.2, 0.25) is 0 Å². The third-order valence-corrected chi connectivity index (χ3v) is 3.29. The maximum Gasteiger partial charge on any atom is 0.165 e. The number of aromatic nitrogens is 4. The number of rotatable bonds is 1. The molecule has 7 nitrogen and oxygen atoms in total. The highest BCUT2D eigenvalue weighted by molar-refractivity contribution is 5.81. The predicted octanol–water partition coefficient (Wildman–Crippen LogP) is -0.535. The molecule has 0 spiro atoms. The van der Waals surface area contributed by atoms with Crippen LogP contribution in [0.2, 0.25) is 0 Å². The first-order valence-electron chi connectivity index (χ1n) is 5.47. The first-order valence-corrected chi connectivity index (χ1v) is 5.47. The third kappa shape index (κ3) is 1.47. The molecular weight excluding hydrogens is 222 g/mol. The highest BCUT2D eigenvalue weighted by atomic mass is 16.3. The van der Waals surface area contributed by atoms with Crippen molar-refractivity contribution in [3.63, 3.8) is 0 Å². The van der Waals surface area contributed by atoms with Gasteiger partial charge >= 0.3 is 0 Å². The number of nitrogen functional groups attached to an aromatic ring is 1. The molecule has 7 heteroatoms. The molecule has 0 bridgehead atoms. The van der Waals surface area contributed by atoms with E-state index in [1.807, 2.05) is 0 Å². The SMILES string of the molecule is Nc1ncnc2c1ncn2[C@@H]1CC[C@H](O)[C@@H]1O. The summed E-state index contributed by atoms with van der Waals surface area (Å²) < 4.78 is 1.76. The topological polar surface area (TPSA) is 110 Å². The molecular formula is C10H13N5O2. The van der Waals surface area contributed by atoms with Gasteiger partial charge in [0.25, 0.3) is 0 Å². The fourth-order valence-corrected chi connectivity index (χ4v) is 2.36. The van der Waals surface area contributed by atoms with Crippen molar-refractivity contribution in [1.82, 2.24) is 19.5 Å². The fraction of sp³-hybridized carbons (Fsp3) is 0.500. The Labute approximate surface area is 96.9 Å². The third-order valence-electron chi connectivity index (χ3n) is 3.29. The minimum absolute atomic E-state index is 0.204. The van der Waals surface area contributed by atoms with Crippen molar-refractivity contribution >= 4 is 17.0 Å². The van der Waals surface area contributed by atoms with Crippen LogP contribution in [-0.2, 0) is 0 Å². The van der Waals surface area contributed by atoms with Crippen molar-refractivity contribution in [3.8, 4) is 0 Å². The highest BCUT2D eigenvalue weighted by Gasteiger charge is 2.35. The molecule has 17 heavy (non-hydrogen) atoms. The summed E-state index contributed by atoms with van der Waals surface area (Å²) in [6, 6.07) is -0.204. The van der Waals surface area contributed by atoms with Crippen LogP contribution in [0.4, 0.5) is 5.82 Å². The number of aliphatic hydroxyl groups excluding tert-OH is 2. The summed E-state index contributed by atoms with van der Waals surface area (Å²) in [5, 5.41) is 19.4. The Morgan fingerprint density at radius 3 is 2.76 bits per heavy atom. The van der Waals surface area contributed by atoms with Gasteiger partial charge in [-0.05, 0) is 12.8 Å². The van der Waals surface area contributed by atoms with Crippen LogP contribution < -0.4 is 5.73 Å². The van der Waals surface area contributed by atoms with Crippen molar-refractivity contribution in [2.24, 2.45) is 0 Å². The number of fused-ring (bicyclic) bond motifs is 1. The van der Waals surface area contributed by atoms with Crippen molar-refractivity contribution in [3.05, 3.63) is 12.7 Å². The van der Waals surface area contributed by atoms with E-state index in [-0.39, 0.29) is 6.04 Å². The Morgan fingerprint density at radius 2 is 2.06 bits per heavy atom. The van der Waals surface area contributed by atoms with Gasteiger partial charge in [0.15, 0.2) is 11.5 Å². The molecule has 0 saturated heterocycles. The number of imidazole rings is 1. The van der Waals surface area contributed by atoms with Crippen LogP contribution >= 0.6 is 0 Å². The molecule has 4 N–H and O–H groups in total. The quantitative estimate of drug-likeness (QED) is 0.612. The van der Waals surface area contributed by atoms with E-state index in [2.05, 4.69) is 15.0 Å². The normalized spacial score (nSPS) is 28.9. The molecule has 1 saturated carbocycles. The summed E-state index contributed by atoms with van der Waals surface area (Å²) in [6.45, 7) is 0. The van der Waals surface area contributed by atoms with Gasteiger partial charge < -0.3 is 20.5 Å². The number of nitrogens with zero attached hydrogens (tertiary/aromatic N) is 4. The first-order chi connectivity index (χ1) is 8.18. The Balaban J connectivity index is 2.10. The summed E-state index contributed by atoms with van der Waals surface area (Å²) in [4.78, 5) is 12.1. The van der Waals surface area contributed by atoms with E-state index in [9.17, 15) is 10.2 Å². The molecule has 1 fully saturated rings. The molecule has 1 aliphatic rings. The molecule has 90 valence electrons. The van der Waals surface area contributed by atoms with Crippen LogP contribution in [0.5, 0.6) is 0 Å². The number of aliphatic hydroxyl groups is 2. The van der Waals surface area contributed by atoms with Gasteiger partial charge in [-0.1, -0.05) is 0 Å². The standard InChI is InChI=1S/C10H13N5O2/c11-9-7-10(13-3-12-9)15(4-14-7)5-1-2-6(16)8(5)17/h3-6,8,16-17H,1-2H2,(H2,11,12,13)/t5-,6+,8-/m1/s1. The average molecular weight is 235 g/mol. The van der Waals surface area contributed by atoms with E-state index in [0.29, 0.717) is 29.8 Å². The van der Waals surface area contributed by atoms with Gasteiger partial charge in [-0.2, -0.15) is 0 Å². The molecule has 2 heterocycles. The van der Waals surface area contributed by atoms with E-state index in [1.54, 1.807) is 10.9 Å².